The Morgan fingerprint density at radius 2 is 0.647 bits per heavy atom. The van der Waals surface area contributed by atoms with Crippen LogP contribution in [0.25, 0.3) is 104 Å². The van der Waals surface area contributed by atoms with E-state index < -0.39 is 0 Å². The van der Waals surface area contributed by atoms with Gasteiger partial charge in [0.2, 0.25) is 0 Å². The summed E-state index contributed by atoms with van der Waals surface area (Å²) in [5, 5.41) is 10.1. The summed E-state index contributed by atoms with van der Waals surface area (Å²) in [6.45, 7) is 0. The summed E-state index contributed by atoms with van der Waals surface area (Å²) >= 11 is 0. The molecule has 1 heterocycles. The summed E-state index contributed by atoms with van der Waals surface area (Å²) in [4.78, 5) is 2.37. The third-order valence-electron chi connectivity index (χ3n) is 13.8. The van der Waals surface area contributed by atoms with Crippen molar-refractivity contribution in [3.05, 3.63) is 267 Å². The number of nitrogens with zero attached hydrogens (tertiary/aromatic N) is 2. The summed E-state index contributed by atoms with van der Waals surface area (Å²) in [6, 6.07) is 97.5. The van der Waals surface area contributed by atoms with Crippen LogP contribution in [0.1, 0.15) is 0 Å². The molecule has 2 heteroatoms. The average Bonchev–Trinajstić information content (AvgIpc) is 3.75. The number of hydrogen-bond acceptors (Lipinski definition) is 1. The normalized spacial score (nSPS) is 11.5. The van der Waals surface area contributed by atoms with Crippen LogP contribution in [0.4, 0.5) is 17.1 Å². The lowest BCUT2D eigenvalue weighted by molar-refractivity contribution is 1.18. The van der Waals surface area contributed by atoms with E-state index in [1.165, 1.54) is 93.1 Å². The Morgan fingerprint density at radius 1 is 0.235 bits per heavy atom. The third kappa shape index (κ3) is 6.82. The molecule has 0 radical (unpaired) electrons. The molecule has 0 unspecified atom stereocenters. The van der Waals surface area contributed by atoms with E-state index in [1.807, 2.05) is 0 Å². The molecule has 0 aliphatic heterocycles. The molecule has 318 valence electrons. The molecule has 0 amide bonds. The molecular formula is C66H44N2. The summed E-state index contributed by atoms with van der Waals surface area (Å²) < 4.78 is 2.43. The van der Waals surface area contributed by atoms with Gasteiger partial charge in [0.15, 0.2) is 0 Å². The van der Waals surface area contributed by atoms with E-state index in [0.717, 1.165) is 28.3 Å². The number of fused-ring (bicyclic) bond motifs is 7. The highest BCUT2D eigenvalue weighted by Gasteiger charge is 2.19. The predicted octanol–water partition coefficient (Wildman–Crippen LogP) is 18.4. The van der Waals surface area contributed by atoms with E-state index in [1.54, 1.807) is 0 Å². The van der Waals surface area contributed by atoms with E-state index >= 15 is 0 Å². The van der Waals surface area contributed by atoms with Gasteiger partial charge in [-0.25, -0.2) is 0 Å². The minimum Gasteiger partial charge on any atom is -0.311 e. The zero-order valence-corrected chi connectivity index (χ0v) is 37.3. The Kier molecular flexibility index (Phi) is 9.54. The minimum absolute atomic E-state index is 1.08. The van der Waals surface area contributed by atoms with Crippen LogP contribution in [0.5, 0.6) is 0 Å². The molecule has 0 fully saturated rings. The van der Waals surface area contributed by atoms with Crippen LogP contribution in [-0.4, -0.2) is 4.57 Å². The molecule has 12 aromatic carbocycles. The topological polar surface area (TPSA) is 8.17 Å². The number of benzene rings is 12. The van der Waals surface area contributed by atoms with Crippen LogP contribution in [0.15, 0.2) is 267 Å². The molecule has 0 saturated carbocycles. The van der Waals surface area contributed by atoms with Gasteiger partial charge < -0.3 is 9.47 Å². The maximum absolute atomic E-state index is 2.43. The van der Waals surface area contributed by atoms with Crippen LogP contribution in [0.2, 0.25) is 0 Å². The van der Waals surface area contributed by atoms with Gasteiger partial charge in [-0.15, -0.1) is 0 Å². The monoisotopic (exact) mass is 864 g/mol. The first-order valence-corrected chi connectivity index (χ1v) is 23.4. The van der Waals surface area contributed by atoms with E-state index in [9.17, 15) is 0 Å². The molecule has 13 rings (SSSR count). The van der Waals surface area contributed by atoms with Crippen molar-refractivity contribution in [1.82, 2.24) is 4.57 Å². The van der Waals surface area contributed by atoms with Crippen molar-refractivity contribution >= 4 is 71.2 Å². The summed E-state index contributed by atoms with van der Waals surface area (Å²) in [5.41, 5.74) is 16.3. The van der Waals surface area contributed by atoms with Crippen molar-refractivity contribution < 1.29 is 0 Å². The maximum Gasteiger partial charge on any atom is 0.0541 e. The van der Waals surface area contributed by atoms with Gasteiger partial charge in [-0.3, -0.25) is 0 Å². The van der Waals surface area contributed by atoms with Crippen LogP contribution in [-0.2, 0) is 0 Å². The molecule has 0 saturated heterocycles. The lowest BCUT2D eigenvalue weighted by Gasteiger charge is -2.26. The summed E-state index contributed by atoms with van der Waals surface area (Å²) in [5.74, 6) is 0. The standard InChI is InChI=1S/C66H44N2/c1-2-15-50-43-51(27-25-45(50)13-1)46-29-36-54(37-30-46)67(55-38-31-47(32-39-55)52-35-42-59-53(44-52)28-26-48-14-3-4-16-57(48)59)56-40-33-49(34-41-56)58-17-5-6-18-60(58)61-19-7-10-22-64(61)68-65-23-11-8-20-62(65)63-21-9-12-24-66(63)68/h1-44H. The third-order valence-corrected chi connectivity index (χ3v) is 13.8. The van der Waals surface area contributed by atoms with Crippen molar-refractivity contribution in [3.63, 3.8) is 0 Å². The molecular weight excluding hydrogens is 821 g/mol. The van der Waals surface area contributed by atoms with Crippen LogP contribution >= 0.6 is 0 Å². The zero-order chi connectivity index (χ0) is 45.0. The molecule has 1 aromatic heterocycles. The maximum atomic E-state index is 2.43. The van der Waals surface area contributed by atoms with Gasteiger partial charge in [-0.2, -0.15) is 0 Å². The van der Waals surface area contributed by atoms with E-state index in [4.69, 9.17) is 0 Å². The van der Waals surface area contributed by atoms with Gasteiger partial charge in [-0.05, 0) is 138 Å². The Labute approximate surface area is 395 Å². The fourth-order valence-electron chi connectivity index (χ4n) is 10.5. The van der Waals surface area contributed by atoms with Crippen LogP contribution in [0, 0.1) is 0 Å². The highest BCUT2D eigenvalue weighted by Crippen LogP contribution is 2.42. The molecule has 0 spiro atoms. The largest absolute Gasteiger partial charge is 0.311 e. The highest BCUT2D eigenvalue weighted by atomic mass is 15.1. The second-order valence-corrected chi connectivity index (χ2v) is 17.7. The Hall–Kier alpha value is -8.98. The Bertz CT molecular complexity index is 3960. The second kappa shape index (κ2) is 16.5. The van der Waals surface area contributed by atoms with Crippen molar-refractivity contribution in [3.8, 4) is 50.2 Å². The highest BCUT2D eigenvalue weighted by molar-refractivity contribution is 6.10. The molecule has 0 atom stereocenters. The van der Waals surface area contributed by atoms with Gasteiger partial charge in [0.05, 0.1) is 16.7 Å². The first-order chi connectivity index (χ1) is 33.7. The quantitative estimate of drug-likeness (QED) is 0.138. The molecule has 0 bridgehead atoms. The fraction of sp³-hybridized carbons (Fsp3) is 0. The fourth-order valence-corrected chi connectivity index (χ4v) is 10.5. The van der Waals surface area contributed by atoms with Crippen molar-refractivity contribution in [2.24, 2.45) is 0 Å². The van der Waals surface area contributed by atoms with Gasteiger partial charge in [0, 0.05) is 33.4 Å². The molecule has 0 aliphatic rings. The minimum atomic E-state index is 1.08. The lowest BCUT2D eigenvalue weighted by Crippen LogP contribution is -2.09. The lowest BCUT2D eigenvalue weighted by atomic mass is 9.93. The van der Waals surface area contributed by atoms with Gasteiger partial charge in [-0.1, -0.05) is 200 Å². The Morgan fingerprint density at radius 3 is 1.29 bits per heavy atom. The molecule has 68 heavy (non-hydrogen) atoms. The number of anilines is 3. The average molecular weight is 865 g/mol. The van der Waals surface area contributed by atoms with Gasteiger partial charge in [0.25, 0.3) is 0 Å². The van der Waals surface area contributed by atoms with Crippen molar-refractivity contribution in [2.75, 3.05) is 4.90 Å². The first-order valence-electron chi connectivity index (χ1n) is 23.4. The van der Waals surface area contributed by atoms with E-state index in [2.05, 4.69) is 276 Å². The second-order valence-electron chi connectivity index (χ2n) is 17.7. The van der Waals surface area contributed by atoms with E-state index in [0.29, 0.717) is 0 Å². The Balaban J connectivity index is 0.886. The zero-order valence-electron chi connectivity index (χ0n) is 37.3. The molecule has 13 aromatic rings. The predicted molar refractivity (Wildman–Crippen MR) is 290 cm³/mol. The smallest absolute Gasteiger partial charge is 0.0541 e. The van der Waals surface area contributed by atoms with Crippen LogP contribution < -0.4 is 4.90 Å². The first kappa shape index (κ1) is 39.4. The molecule has 2 nitrogen and oxygen atoms in total. The van der Waals surface area contributed by atoms with Crippen LogP contribution in [0.3, 0.4) is 0 Å². The van der Waals surface area contributed by atoms with Gasteiger partial charge in [0.1, 0.15) is 0 Å². The summed E-state index contributed by atoms with van der Waals surface area (Å²) in [6.07, 6.45) is 0. The van der Waals surface area contributed by atoms with E-state index in [-0.39, 0.29) is 0 Å². The number of aromatic nitrogens is 1. The molecule has 0 aliphatic carbocycles. The van der Waals surface area contributed by atoms with Crippen molar-refractivity contribution in [1.29, 1.82) is 0 Å². The summed E-state index contributed by atoms with van der Waals surface area (Å²) in [7, 11) is 0. The number of para-hydroxylation sites is 3. The number of rotatable bonds is 8. The SMILES string of the molecule is c1ccc(-c2ccccc2-n2c3ccccc3c3ccccc32)c(-c2ccc(N(c3ccc(-c4ccc5ccccc5c4)cc3)c3ccc(-c4ccc5c(ccc6ccccc65)c4)cc3)cc2)c1. The molecule has 0 N–H and O–H groups in total. The van der Waals surface area contributed by atoms with Crippen molar-refractivity contribution in [2.45, 2.75) is 0 Å². The van der Waals surface area contributed by atoms with Gasteiger partial charge >= 0.3 is 0 Å². The number of hydrogen-bond donors (Lipinski definition) is 0.